The van der Waals surface area contributed by atoms with E-state index >= 15 is 0 Å². The Kier molecular flexibility index (Phi) is 5.16. The second-order valence-corrected chi connectivity index (χ2v) is 6.55. The van der Waals surface area contributed by atoms with E-state index < -0.39 is 5.97 Å². The maximum atomic E-state index is 12.5. The summed E-state index contributed by atoms with van der Waals surface area (Å²) in [6.07, 6.45) is 4.94. The van der Waals surface area contributed by atoms with Crippen molar-refractivity contribution in [2.75, 3.05) is 13.1 Å². The molecular weight excluding hydrogens is 318 g/mol. The van der Waals surface area contributed by atoms with Gasteiger partial charge in [0.2, 0.25) is 5.91 Å². The van der Waals surface area contributed by atoms with Crippen LogP contribution in [-0.4, -0.2) is 44.8 Å². The maximum absolute atomic E-state index is 12.5. The Morgan fingerprint density at radius 2 is 2.00 bits per heavy atom. The van der Waals surface area contributed by atoms with Gasteiger partial charge >= 0.3 is 5.97 Å². The van der Waals surface area contributed by atoms with E-state index in [0.29, 0.717) is 24.9 Å². The average molecular weight is 341 g/mol. The number of hydrogen-bond donors (Lipinski definition) is 1. The predicted octanol–water partition coefficient (Wildman–Crippen LogP) is 2.46. The molecule has 0 spiro atoms. The summed E-state index contributed by atoms with van der Waals surface area (Å²) in [7, 11) is 1.89. The number of carbonyl (C=O) groups excluding carboxylic acids is 1. The second-order valence-electron chi connectivity index (χ2n) is 6.55. The first-order valence-corrected chi connectivity index (χ1v) is 8.62. The maximum Gasteiger partial charge on any atom is 0.335 e. The predicted molar refractivity (Wildman–Crippen MR) is 93.5 cm³/mol. The number of aromatic nitrogens is 2. The number of nitrogens with zero attached hydrogens (tertiary/aromatic N) is 3. The van der Waals surface area contributed by atoms with Crippen LogP contribution in [0.2, 0.25) is 0 Å². The summed E-state index contributed by atoms with van der Waals surface area (Å²) in [6.45, 7) is 1.50. The number of carbonyl (C=O) groups is 2. The van der Waals surface area contributed by atoms with Gasteiger partial charge in [0.05, 0.1) is 5.56 Å². The molecule has 2 aromatic rings. The lowest BCUT2D eigenvalue weighted by Crippen LogP contribution is -2.39. The Balaban J connectivity index is 1.59. The third kappa shape index (κ3) is 4.07. The molecule has 1 N–H and O–H groups in total. The first kappa shape index (κ1) is 17.2. The van der Waals surface area contributed by atoms with Crippen LogP contribution in [-0.2, 0) is 18.3 Å². The van der Waals surface area contributed by atoms with Gasteiger partial charge in [-0.1, -0.05) is 12.1 Å². The van der Waals surface area contributed by atoms with Crippen molar-refractivity contribution in [3.8, 4) is 0 Å². The molecule has 1 amide bonds. The number of amides is 1. The molecule has 132 valence electrons. The van der Waals surface area contributed by atoms with Gasteiger partial charge < -0.3 is 10.0 Å². The molecule has 1 aromatic heterocycles. The number of hydrogen-bond acceptors (Lipinski definition) is 3. The Labute approximate surface area is 147 Å². The van der Waals surface area contributed by atoms with E-state index in [-0.39, 0.29) is 11.8 Å². The van der Waals surface area contributed by atoms with Crippen LogP contribution in [0.3, 0.4) is 0 Å². The van der Waals surface area contributed by atoms with E-state index in [9.17, 15) is 9.59 Å². The summed E-state index contributed by atoms with van der Waals surface area (Å²) < 4.78 is 1.80. The van der Waals surface area contributed by atoms with Gasteiger partial charge in [-0.3, -0.25) is 9.48 Å². The molecule has 0 aliphatic carbocycles. The first-order chi connectivity index (χ1) is 12.0. The van der Waals surface area contributed by atoms with Gasteiger partial charge in [0.15, 0.2) is 0 Å². The number of carboxylic acid groups (broad SMARTS) is 1. The molecule has 25 heavy (non-hydrogen) atoms. The van der Waals surface area contributed by atoms with Crippen LogP contribution in [0.15, 0.2) is 36.5 Å². The molecule has 1 saturated heterocycles. The largest absolute Gasteiger partial charge is 0.478 e. The van der Waals surface area contributed by atoms with E-state index in [1.165, 1.54) is 0 Å². The van der Waals surface area contributed by atoms with Gasteiger partial charge in [-0.2, -0.15) is 5.10 Å². The molecule has 1 aliphatic heterocycles. The highest BCUT2D eigenvalue weighted by molar-refractivity contribution is 5.87. The Bertz CT molecular complexity index is 752. The molecule has 1 aliphatic rings. The SMILES string of the molecule is Cn1nccc1CCC(=O)N1CCCC(c2ccc(C(=O)O)cc2)C1. The normalized spacial score (nSPS) is 17.5. The van der Waals surface area contributed by atoms with Crippen molar-refractivity contribution in [1.82, 2.24) is 14.7 Å². The summed E-state index contributed by atoms with van der Waals surface area (Å²) >= 11 is 0. The summed E-state index contributed by atoms with van der Waals surface area (Å²) in [5.41, 5.74) is 2.46. The van der Waals surface area contributed by atoms with Crippen LogP contribution in [0.5, 0.6) is 0 Å². The first-order valence-electron chi connectivity index (χ1n) is 8.62. The standard InChI is InChI=1S/C19H23N3O3/c1-21-17(10-11-20-21)8-9-18(23)22-12-2-3-16(13-22)14-4-6-15(7-5-14)19(24)25/h4-7,10-11,16H,2-3,8-9,12-13H2,1H3,(H,24,25). The summed E-state index contributed by atoms with van der Waals surface area (Å²) in [6, 6.07) is 8.97. The quantitative estimate of drug-likeness (QED) is 0.906. The monoisotopic (exact) mass is 341 g/mol. The summed E-state index contributed by atoms with van der Waals surface area (Å²) in [5, 5.41) is 13.1. The van der Waals surface area contributed by atoms with Gasteiger partial charge in [-0.25, -0.2) is 4.79 Å². The fourth-order valence-electron chi connectivity index (χ4n) is 3.41. The van der Waals surface area contributed by atoms with Crippen molar-refractivity contribution in [3.05, 3.63) is 53.3 Å². The highest BCUT2D eigenvalue weighted by Gasteiger charge is 2.24. The number of aromatic carboxylic acids is 1. The zero-order valence-electron chi connectivity index (χ0n) is 14.4. The minimum absolute atomic E-state index is 0.174. The van der Waals surface area contributed by atoms with Gasteiger partial charge in [0, 0.05) is 44.4 Å². The molecule has 1 aromatic carbocycles. The smallest absolute Gasteiger partial charge is 0.335 e. The summed E-state index contributed by atoms with van der Waals surface area (Å²) in [5.74, 6) is -0.465. The number of carboxylic acids is 1. The molecule has 2 heterocycles. The molecule has 0 bridgehead atoms. The van der Waals surface area contributed by atoms with Gasteiger partial charge in [-0.05, 0) is 43.0 Å². The molecule has 0 saturated carbocycles. The number of benzene rings is 1. The fraction of sp³-hybridized carbons (Fsp3) is 0.421. The van der Waals surface area contributed by atoms with Crippen LogP contribution in [0, 0.1) is 0 Å². The van der Waals surface area contributed by atoms with Crippen molar-refractivity contribution >= 4 is 11.9 Å². The molecule has 1 unspecified atom stereocenters. The zero-order valence-corrected chi connectivity index (χ0v) is 14.4. The van der Waals surface area contributed by atoms with E-state index in [1.807, 2.05) is 30.1 Å². The van der Waals surface area contributed by atoms with E-state index in [4.69, 9.17) is 5.11 Å². The molecular formula is C19H23N3O3. The van der Waals surface area contributed by atoms with Crippen molar-refractivity contribution in [1.29, 1.82) is 0 Å². The Morgan fingerprint density at radius 3 is 2.64 bits per heavy atom. The van der Waals surface area contributed by atoms with Crippen LogP contribution in [0.4, 0.5) is 0 Å². The number of likely N-dealkylation sites (tertiary alicyclic amines) is 1. The third-order valence-corrected chi connectivity index (χ3v) is 4.92. The molecule has 1 fully saturated rings. The number of rotatable bonds is 5. The third-order valence-electron chi connectivity index (χ3n) is 4.92. The number of aryl methyl sites for hydroxylation is 2. The zero-order chi connectivity index (χ0) is 17.8. The van der Waals surface area contributed by atoms with Crippen LogP contribution >= 0.6 is 0 Å². The highest BCUT2D eigenvalue weighted by Crippen LogP contribution is 2.27. The van der Waals surface area contributed by atoms with Gasteiger partial charge in [0.1, 0.15) is 0 Å². The summed E-state index contributed by atoms with van der Waals surface area (Å²) in [4.78, 5) is 25.4. The van der Waals surface area contributed by atoms with Crippen LogP contribution in [0.1, 0.15) is 46.8 Å². The average Bonchev–Trinajstić information content (AvgIpc) is 3.05. The van der Waals surface area contributed by atoms with E-state index in [1.54, 1.807) is 23.0 Å². The Morgan fingerprint density at radius 1 is 1.24 bits per heavy atom. The van der Waals surface area contributed by atoms with Gasteiger partial charge in [-0.15, -0.1) is 0 Å². The lowest BCUT2D eigenvalue weighted by atomic mass is 9.90. The molecule has 6 heteroatoms. The van der Waals surface area contributed by atoms with Crippen molar-refractivity contribution in [2.24, 2.45) is 7.05 Å². The van der Waals surface area contributed by atoms with Crippen molar-refractivity contribution in [2.45, 2.75) is 31.6 Å². The van der Waals surface area contributed by atoms with Crippen molar-refractivity contribution in [3.63, 3.8) is 0 Å². The van der Waals surface area contributed by atoms with E-state index in [0.717, 1.165) is 30.6 Å². The second kappa shape index (κ2) is 7.51. The lowest BCUT2D eigenvalue weighted by molar-refractivity contribution is -0.132. The fourth-order valence-corrected chi connectivity index (χ4v) is 3.41. The van der Waals surface area contributed by atoms with Crippen LogP contribution in [0.25, 0.3) is 0 Å². The molecule has 3 rings (SSSR count). The van der Waals surface area contributed by atoms with Crippen LogP contribution < -0.4 is 0 Å². The minimum Gasteiger partial charge on any atom is -0.478 e. The highest BCUT2D eigenvalue weighted by atomic mass is 16.4. The molecule has 1 atom stereocenters. The van der Waals surface area contributed by atoms with E-state index in [2.05, 4.69) is 5.10 Å². The number of piperidine rings is 1. The lowest BCUT2D eigenvalue weighted by Gasteiger charge is -2.33. The van der Waals surface area contributed by atoms with Gasteiger partial charge in [0.25, 0.3) is 0 Å². The molecule has 0 radical (unpaired) electrons. The topological polar surface area (TPSA) is 75.4 Å². The Hall–Kier alpha value is -2.63. The molecule has 6 nitrogen and oxygen atoms in total. The van der Waals surface area contributed by atoms with Crippen molar-refractivity contribution < 1.29 is 14.7 Å². The minimum atomic E-state index is -0.915.